The van der Waals surface area contributed by atoms with Crippen molar-refractivity contribution >= 4 is 35.0 Å². The van der Waals surface area contributed by atoms with Gasteiger partial charge in [-0.15, -0.1) is 12.4 Å². The highest BCUT2D eigenvalue weighted by Gasteiger charge is 2.26. The van der Waals surface area contributed by atoms with Crippen LogP contribution in [0.15, 0.2) is 38.3 Å². The number of nitrogens with two attached hydrogens (primary N) is 1. The fraction of sp³-hybridized carbons (Fsp3) is 0.441. The third-order valence-electron chi connectivity index (χ3n) is 8.22. The van der Waals surface area contributed by atoms with Crippen molar-refractivity contribution in [2.45, 2.75) is 66.6 Å². The molecule has 13 heteroatoms. The van der Waals surface area contributed by atoms with E-state index < -0.39 is 0 Å². The van der Waals surface area contributed by atoms with Gasteiger partial charge in [0.25, 0.3) is 17.0 Å². The van der Waals surface area contributed by atoms with Gasteiger partial charge in [-0.3, -0.25) is 14.4 Å². The van der Waals surface area contributed by atoms with Gasteiger partial charge >= 0.3 is 0 Å². The zero-order valence-corrected chi connectivity index (χ0v) is 28.9. The van der Waals surface area contributed by atoms with Crippen LogP contribution in [0.1, 0.15) is 64.0 Å². The molecule has 256 valence electrons. The summed E-state index contributed by atoms with van der Waals surface area (Å²) in [6.07, 6.45) is 1.89. The number of methoxy groups -OCH3 is 2. The maximum atomic E-state index is 13.5. The van der Waals surface area contributed by atoms with Crippen molar-refractivity contribution in [3.63, 3.8) is 0 Å². The topological polar surface area (TPSA) is 165 Å². The number of benzene rings is 1. The lowest BCUT2D eigenvalue weighted by molar-refractivity contribution is 0.0846. The number of H-pyrrole nitrogens is 2. The molecule has 0 radical (unpaired) electrons. The number of halogens is 1. The summed E-state index contributed by atoms with van der Waals surface area (Å²) in [4.78, 5) is 45.0. The molecule has 5 rings (SSSR count). The van der Waals surface area contributed by atoms with Crippen LogP contribution in [0.4, 0.5) is 5.69 Å². The van der Waals surface area contributed by atoms with Crippen molar-refractivity contribution in [3.8, 4) is 11.5 Å². The van der Waals surface area contributed by atoms with E-state index in [1.165, 1.54) is 14.2 Å². The Kier molecular flexibility index (Phi) is 13.1. The maximum absolute atomic E-state index is 13.5. The van der Waals surface area contributed by atoms with E-state index in [0.29, 0.717) is 45.5 Å². The van der Waals surface area contributed by atoms with Gasteiger partial charge in [-0.1, -0.05) is 0 Å². The van der Waals surface area contributed by atoms with Crippen molar-refractivity contribution in [1.29, 1.82) is 0 Å². The lowest BCUT2D eigenvalue weighted by Gasteiger charge is -2.36. The molecule has 47 heavy (non-hydrogen) atoms. The molecule has 4 aromatic rings. The quantitative estimate of drug-likeness (QED) is 0.200. The molecule has 12 nitrogen and oxygen atoms in total. The standard InChI is InChI=1S/C26H33N3O5.C8H12N2O2.ClH/c1-6-29(18-7-9-33-10-8-18)21-13-23-19(12-16(3)34-23)24(17(21)4)26(31)27-14-20-22(32-5)11-15(2)28-25(20)30;1-5-3-7(12-2)6(4-9)8(11)10-5;/h11-13,18H,6-10,14H2,1-5H3,(H,27,31)(H,28,30);3H,4,9H2,1-2H3,(H,10,11);1H. The lowest BCUT2D eigenvalue weighted by Crippen LogP contribution is -2.40. The second-order valence-electron chi connectivity index (χ2n) is 11.3. The third kappa shape index (κ3) is 8.37. The SMILES string of the molecule is CCN(c1cc2oc(C)cc2c(C(=O)NCc2c(OC)cc(C)[nH]c2=O)c1C)C1CCOCC1.COc1cc(C)[nH]c(=O)c1CN.Cl. The summed E-state index contributed by atoms with van der Waals surface area (Å²) in [6.45, 7) is 12.1. The Balaban J connectivity index is 0.000000391. The smallest absolute Gasteiger partial charge is 0.256 e. The van der Waals surface area contributed by atoms with Gasteiger partial charge in [0.2, 0.25) is 0 Å². The highest BCUT2D eigenvalue weighted by Crippen LogP contribution is 2.35. The van der Waals surface area contributed by atoms with Crippen molar-refractivity contribution in [1.82, 2.24) is 15.3 Å². The molecule has 1 fully saturated rings. The summed E-state index contributed by atoms with van der Waals surface area (Å²) in [5.74, 6) is 1.49. The number of nitrogens with zero attached hydrogens (tertiary/aromatic N) is 1. The number of aromatic nitrogens is 2. The second-order valence-corrected chi connectivity index (χ2v) is 11.3. The summed E-state index contributed by atoms with van der Waals surface area (Å²) < 4.78 is 21.9. The van der Waals surface area contributed by atoms with Crippen LogP contribution in [0, 0.1) is 27.7 Å². The largest absolute Gasteiger partial charge is 0.496 e. The van der Waals surface area contributed by atoms with Gasteiger partial charge in [0.05, 0.1) is 37.5 Å². The van der Waals surface area contributed by atoms with Gasteiger partial charge < -0.3 is 44.5 Å². The van der Waals surface area contributed by atoms with Gasteiger partial charge in [0.15, 0.2) is 0 Å². The Bertz CT molecular complexity index is 1810. The number of hydrogen-bond donors (Lipinski definition) is 4. The number of hydrogen-bond acceptors (Lipinski definition) is 9. The van der Waals surface area contributed by atoms with Crippen LogP contribution in [0.25, 0.3) is 11.0 Å². The average Bonchev–Trinajstić information content (AvgIpc) is 3.40. The minimum absolute atomic E-state index is 0. The number of nitrogens with one attached hydrogen (secondary N) is 3. The molecule has 5 N–H and O–H groups in total. The van der Waals surface area contributed by atoms with E-state index in [4.69, 9.17) is 24.4 Å². The van der Waals surface area contributed by atoms with Crippen LogP contribution in [-0.2, 0) is 17.8 Å². The van der Waals surface area contributed by atoms with Crippen molar-refractivity contribution < 1.29 is 23.4 Å². The highest BCUT2D eigenvalue weighted by molar-refractivity contribution is 6.09. The Labute approximate surface area is 280 Å². The van der Waals surface area contributed by atoms with Crippen LogP contribution >= 0.6 is 12.4 Å². The van der Waals surface area contributed by atoms with Crippen LogP contribution < -0.4 is 36.5 Å². The van der Waals surface area contributed by atoms with E-state index in [2.05, 4.69) is 27.1 Å². The second kappa shape index (κ2) is 16.5. The minimum atomic E-state index is -0.274. The Morgan fingerprint density at radius 1 is 0.957 bits per heavy atom. The third-order valence-corrected chi connectivity index (χ3v) is 8.22. The van der Waals surface area contributed by atoms with Crippen LogP contribution in [-0.4, -0.2) is 55.9 Å². The Morgan fingerprint density at radius 2 is 1.53 bits per heavy atom. The summed E-state index contributed by atoms with van der Waals surface area (Å²) in [6, 6.07) is 7.78. The first-order valence-electron chi connectivity index (χ1n) is 15.4. The number of carbonyl (C=O) groups excluding carboxylic acids is 1. The van der Waals surface area contributed by atoms with E-state index in [-0.39, 0.29) is 42.5 Å². The first kappa shape index (κ1) is 37.2. The normalized spacial score (nSPS) is 12.9. The number of aryl methyl sites for hydroxylation is 3. The predicted molar refractivity (Wildman–Crippen MR) is 186 cm³/mol. The van der Waals surface area contributed by atoms with E-state index >= 15 is 0 Å². The van der Waals surface area contributed by atoms with Crippen molar-refractivity contribution in [2.75, 3.05) is 38.9 Å². The predicted octanol–water partition coefficient (Wildman–Crippen LogP) is 4.56. The molecular formula is C34H46ClN5O7. The van der Waals surface area contributed by atoms with Gasteiger partial charge in [0, 0.05) is 60.9 Å². The Hall–Kier alpha value is -4.26. The first-order valence-corrected chi connectivity index (χ1v) is 15.4. The zero-order chi connectivity index (χ0) is 33.5. The van der Waals surface area contributed by atoms with Gasteiger partial charge in [-0.2, -0.15) is 0 Å². The number of ether oxygens (including phenoxy) is 3. The van der Waals surface area contributed by atoms with Crippen LogP contribution in [0.3, 0.4) is 0 Å². The number of fused-ring (bicyclic) bond motifs is 1. The molecule has 0 aliphatic carbocycles. The molecule has 1 saturated heterocycles. The van der Waals surface area contributed by atoms with Gasteiger partial charge in [0.1, 0.15) is 22.8 Å². The summed E-state index contributed by atoms with van der Waals surface area (Å²) in [5.41, 5.74) is 10.4. The van der Waals surface area contributed by atoms with E-state index in [1.54, 1.807) is 26.0 Å². The highest BCUT2D eigenvalue weighted by atomic mass is 35.5. The number of pyridine rings is 2. The van der Waals surface area contributed by atoms with Gasteiger partial charge in [-0.05, 0) is 71.2 Å². The first-order chi connectivity index (χ1) is 22.0. The van der Waals surface area contributed by atoms with E-state index in [0.717, 1.165) is 60.7 Å². The molecular weight excluding hydrogens is 626 g/mol. The molecule has 0 bridgehead atoms. The number of carbonyl (C=O) groups is 1. The molecule has 0 saturated carbocycles. The van der Waals surface area contributed by atoms with E-state index in [1.807, 2.05) is 26.0 Å². The van der Waals surface area contributed by atoms with Crippen molar-refractivity contribution in [2.24, 2.45) is 5.73 Å². The minimum Gasteiger partial charge on any atom is -0.496 e. The van der Waals surface area contributed by atoms with Gasteiger partial charge in [-0.25, -0.2) is 0 Å². The fourth-order valence-electron chi connectivity index (χ4n) is 5.96. The fourth-order valence-corrected chi connectivity index (χ4v) is 5.96. The average molecular weight is 672 g/mol. The zero-order valence-electron chi connectivity index (χ0n) is 28.1. The molecule has 4 heterocycles. The summed E-state index contributed by atoms with van der Waals surface area (Å²) in [7, 11) is 3.04. The Morgan fingerprint density at radius 3 is 2.09 bits per heavy atom. The molecule has 1 aliphatic rings. The number of rotatable bonds is 9. The number of amides is 1. The number of anilines is 1. The number of aromatic amines is 2. The maximum Gasteiger partial charge on any atom is 0.256 e. The molecule has 1 aromatic carbocycles. The van der Waals surface area contributed by atoms with E-state index in [9.17, 15) is 14.4 Å². The monoisotopic (exact) mass is 671 g/mol. The van der Waals surface area contributed by atoms with Crippen LogP contribution in [0.5, 0.6) is 11.5 Å². The summed E-state index contributed by atoms with van der Waals surface area (Å²) >= 11 is 0. The summed E-state index contributed by atoms with van der Waals surface area (Å²) in [5, 5.41) is 3.70. The number of furan rings is 1. The van der Waals surface area contributed by atoms with Crippen LogP contribution in [0.2, 0.25) is 0 Å². The molecule has 0 unspecified atom stereocenters. The molecule has 3 aromatic heterocycles. The molecule has 1 amide bonds. The molecule has 0 spiro atoms. The molecule has 0 atom stereocenters. The lowest BCUT2D eigenvalue weighted by atomic mass is 9.98. The molecule has 1 aliphatic heterocycles. The van der Waals surface area contributed by atoms with Crippen molar-refractivity contribution in [3.05, 3.63) is 84.4 Å².